The van der Waals surface area contributed by atoms with E-state index in [9.17, 15) is 22.8 Å². The van der Waals surface area contributed by atoms with Crippen LogP contribution in [0.1, 0.15) is 27.2 Å². The molecule has 0 spiro atoms. The number of carbonyl (C=O) groups excluding carboxylic acids is 1. The summed E-state index contributed by atoms with van der Waals surface area (Å²) in [5.41, 5.74) is 1.97. The van der Waals surface area contributed by atoms with Crippen molar-refractivity contribution in [2.75, 3.05) is 0 Å². The van der Waals surface area contributed by atoms with Crippen LogP contribution >= 0.6 is 11.6 Å². The van der Waals surface area contributed by atoms with Crippen LogP contribution in [0.3, 0.4) is 0 Å². The molecular weight excluding hydrogens is 437 g/mol. The van der Waals surface area contributed by atoms with Gasteiger partial charge in [-0.3, -0.25) is 4.79 Å². The van der Waals surface area contributed by atoms with Gasteiger partial charge in [-0.2, -0.15) is 18.3 Å². The topological polar surface area (TPSA) is 91.9 Å². The number of rotatable bonds is 6. The molecule has 0 radical (unpaired) electrons. The van der Waals surface area contributed by atoms with E-state index < -0.39 is 23.6 Å². The van der Waals surface area contributed by atoms with E-state index in [1.807, 2.05) is 0 Å². The fourth-order valence-corrected chi connectivity index (χ4v) is 2.88. The van der Waals surface area contributed by atoms with E-state index in [-0.39, 0.29) is 28.3 Å². The van der Waals surface area contributed by atoms with E-state index in [4.69, 9.17) is 21.1 Å². The third-order valence-corrected chi connectivity index (χ3v) is 4.44. The first-order chi connectivity index (χ1) is 14.6. The molecule has 3 aromatic rings. The number of aromatic carboxylic acids is 1. The Hall–Kier alpha value is -3.59. The van der Waals surface area contributed by atoms with E-state index in [1.54, 1.807) is 6.07 Å². The number of hydrazone groups is 1. The van der Waals surface area contributed by atoms with Gasteiger partial charge in [-0.15, -0.1) is 0 Å². The van der Waals surface area contributed by atoms with Crippen LogP contribution in [0, 0.1) is 0 Å². The zero-order valence-corrected chi connectivity index (χ0v) is 16.4. The minimum atomic E-state index is -4.49. The van der Waals surface area contributed by atoms with Gasteiger partial charge in [0.15, 0.2) is 0 Å². The van der Waals surface area contributed by atoms with E-state index in [2.05, 4.69) is 10.5 Å². The first kappa shape index (κ1) is 22.1. The second-order valence-corrected chi connectivity index (χ2v) is 6.78. The van der Waals surface area contributed by atoms with E-state index in [0.717, 1.165) is 12.1 Å². The third kappa shape index (κ3) is 5.73. The van der Waals surface area contributed by atoms with Crippen molar-refractivity contribution in [3.63, 3.8) is 0 Å². The lowest BCUT2D eigenvalue weighted by Gasteiger charge is -2.08. The highest BCUT2D eigenvalue weighted by Crippen LogP contribution is 2.31. The van der Waals surface area contributed by atoms with Gasteiger partial charge in [-0.25, -0.2) is 10.2 Å². The molecule has 0 aliphatic rings. The van der Waals surface area contributed by atoms with Gasteiger partial charge in [-0.05, 0) is 42.0 Å². The predicted octanol–water partition coefficient (Wildman–Crippen LogP) is 5.01. The van der Waals surface area contributed by atoms with Gasteiger partial charge in [-0.1, -0.05) is 29.8 Å². The highest BCUT2D eigenvalue weighted by Gasteiger charge is 2.30. The molecule has 0 atom stereocenters. The quantitative estimate of drug-likeness (QED) is 0.408. The second kappa shape index (κ2) is 9.05. The van der Waals surface area contributed by atoms with Crippen molar-refractivity contribution in [1.29, 1.82) is 0 Å². The summed E-state index contributed by atoms with van der Waals surface area (Å²) < 4.78 is 43.7. The maximum Gasteiger partial charge on any atom is 0.416 e. The van der Waals surface area contributed by atoms with Crippen LogP contribution in [0.25, 0.3) is 11.3 Å². The molecule has 160 valence electrons. The summed E-state index contributed by atoms with van der Waals surface area (Å²) in [7, 11) is 0. The van der Waals surface area contributed by atoms with Gasteiger partial charge in [0.1, 0.15) is 11.5 Å². The average Bonchev–Trinajstić information content (AvgIpc) is 3.16. The smallest absolute Gasteiger partial charge is 0.416 e. The molecule has 0 saturated carbocycles. The van der Waals surface area contributed by atoms with E-state index >= 15 is 0 Å². The fraction of sp³-hybridized carbons (Fsp3) is 0.0952. The molecule has 0 aliphatic carbocycles. The Morgan fingerprint density at radius 3 is 2.61 bits per heavy atom. The highest BCUT2D eigenvalue weighted by atomic mass is 35.5. The molecule has 10 heteroatoms. The summed E-state index contributed by atoms with van der Waals surface area (Å²) in [5, 5.41) is 13.1. The van der Waals surface area contributed by atoms with E-state index in [1.165, 1.54) is 42.6 Å². The van der Waals surface area contributed by atoms with Crippen LogP contribution in [0.4, 0.5) is 13.2 Å². The summed E-state index contributed by atoms with van der Waals surface area (Å²) in [4.78, 5) is 23.0. The van der Waals surface area contributed by atoms with Crippen molar-refractivity contribution in [2.24, 2.45) is 5.10 Å². The summed E-state index contributed by atoms with van der Waals surface area (Å²) in [5.74, 6) is -1.19. The Morgan fingerprint density at radius 1 is 1.13 bits per heavy atom. The van der Waals surface area contributed by atoms with Crippen molar-refractivity contribution in [1.82, 2.24) is 5.43 Å². The Balaban J connectivity index is 1.64. The van der Waals surface area contributed by atoms with Crippen molar-refractivity contribution in [2.45, 2.75) is 12.6 Å². The largest absolute Gasteiger partial charge is 0.478 e. The summed E-state index contributed by atoms with van der Waals surface area (Å²) in [6.45, 7) is 0. The number of furan rings is 1. The van der Waals surface area contributed by atoms with Crippen LogP contribution in [0.15, 0.2) is 64.1 Å². The molecule has 1 aromatic heterocycles. The van der Waals surface area contributed by atoms with Gasteiger partial charge in [0.25, 0.3) is 0 Å². The van der Waals surface area contributed by atoms with Crippen LogP contribution in [0.5, 0.6) is 0 Å². The number of nitrogens with one attached hydrogen (secondary N) is 1. The normalized spacial score (nSPS) is 11.6. The average molecular weight is 451 g/mol. The van der Waals surface area contributed by atoms with Gasteiger partial charge in [0.2, 0.25) is 5.91 Å². The first-order valence-electron chi connectivity index (χ1n) is 8.74. The lowest BCUT2D eigenvalue weighted by molar-refractivity contribution is -0.137. The standard InChI is InChI=1S/C21H14ClF3N2O4/c22-17-6-4-13(20(29)30)10-16(17)18-7-5-15(31-18)11-26-27-19(28)9-12-2-1-3-14(8-12)21(23,24)25/h1-8,10-11H,9H2,(H,27,28)(H,29,30)/b26-11+. The Labute approximate surface area is 178 Å². The molecule has 6 nitrogen and oxygen atoms in total. The molecule has 0 unspecified atom stereocenters. The Bertz CT molecular complexity index is 1160. The SMILES string of the molecule is O=C(Cc1cccc(C(F)(F)F)c1)N/N=C/c1ccc(-c2cc(C(=O)O)ccc2Cl)o1. The van der Waals surface area contributed by atoms with Crippen LogP contribution < -0.4 is 5.43 Å². The first-order valence-corrected chi connectivity index (χ1v) is 9.12. The number of amides is 1. The molecule has 3 rings (SSSR count). The van der Waals surface area contributed by atoms with Crippen molar-refractivity contribution < 1.29 is 32.3 Å². The summed E-state index contributed by atoms with van der Waals surface area (Å²) in [6.07, 6.45) is -3.58. The Kier molecular flexibility index (Phi) is 6.45. The third-order valence-electron chi connectivity index (χ3n) is 4.11. The minimum Gasteiger partial charge on any atom is -0.478 e. The van der Waals surface area contributed by atoms with Crippen LogP contribution in [-0.2, 0) is 17.4 Å². The zero-order chi connectivity index (χ0) is 22.6. The number of halogens is 4. The molecule has 0 fully saturated rings. The molecule has 2 aromatic carbocycles. The number of carboxylic acids is 1. The second-order valence-electron chi connectivity index (χ2n) is 6.37. The number of alkyl halides is 3. The van der Waals surface area contributed by atoms with Crippen LogP contribution in [0.2, 0.25) is 5.02 Å². The number of hydrogen-bond acceptors (Lipinski definition) is 4. The summed E-state index contributed by atoms with van der Waals surface area (Å²) >= 11 is 6.09. The highest BCUT2D eigenvalue weighted by molar-refractivity contribution is 6.33. The van der Waals surface area contributed by atoms with Gasteiger partial charge in [0, 0.05) is 5.56 Å². The van der Waals surface area contributed by atoms with Crippen LogP contribution in [-0.4, -0.2) is 23.2 Å². The maximum absolute atomic E-state index is 12.7. The minimum absolute atomic E-state index is 0.0351. The fourth-order valence-electron chi connectivity index (χ4n) is 2.66. The maximum atomic E-state index is 12.7. The number of hydrogen-bond donors (Lipinski definition) is 2. The van der Waals surface area contributed by atoms with Crippen molar-refractivity contribution in [3.05, 3.63) is 82.1 Å². The van der Waals surface area contributed by atoms with Crippen molar-refractivity contribution >= 4 is 29.7 Å². The van der Waals surface area contributed by atoms with Crippen molar-refractivity contribution in [3.8, 4) is 11.3 Å². The van der Waals surface area contributed by atoms with Gasteiger partial charge >= 0.3 is 12.1 Å². The lowest BCUT2D eigenvalue weighted by atomic mass is 10.1. The van der Waals surface area contributed by atoms with Gasteiger partial charge < -0.3 is 9.52 Å². The predicted molar refractivity (Wildman–Crippen MR) is 107 cm³/mol. The molecule has 2 N–H and O–H groups in total. The lowest BCUT2D eigenvalue weighted by Crippen LogP contribution is -2.20. The Morgan fingerprint density at radius 2 is 1.90 bits per heavy atom. The number of benzene rings is 2. The number of carboxylic acid groups (broad SMARTS) is 1. The molecule has 1 amide bonds. The molecule has 1 heterocycles. The molecule has 31 heavy (non-hydrogen) atoms. The zero-order valence-electron chi connectivity index (χ0n) is 15.6. The molecular formula is C21H14ClF3N2O4. The monoisotopic (exact) mass is 450 g/mol. The summed E-state index contributed by atoms with van der Waals surface area (Å²) in [6, 6.07) is 11.7. The molecule has 0 aliphatic heterocycles. The van der Waals surface area contributed by atoms with Gasteiger partial charge in [0.05, 0.1) is 28.8 Å². The number of carbonyl (C=O) groups is 2. The molecule has 0 bridgehead atoms. The molecule has 0 saturated heterocycles. The number of nitrogens with zero attached hydrogens (tertiary/aromatic N) is 1. The van der Waals surface area contributed by atoms with E-state index in [0.29, 0.717) is 11.3 Å².